The van der Waals surface area contributed by atoms with Gasteiger partial charge in [-0.05, 0) is 0 Å². The van der Waals surface area contributed by atoms with Crippen LogP contribution in [0.2, 0.25) is 17.3 Å². The average Bonchev–Trinajstić information content (AvgIpc) is 3.22. The molecule has 0 radical (unpaired) electrons. The molecule has 0 bridgehead atoms. The van der Waals surface area contributed by atoms with Crippen molar-refractivity contribution >= 4 is 17.7 Å². The molecular formula is C25H29GeN. The van der Waals surface area contributed by atoms with E-state index >= 15 is 0 Å². The molecule has 0 unspecified atom stereocenters. The van der Waals surface area contributed by atoms with E-state index in [-0.39, 0.29) is 0 Å². The first kappa shape index (κ1) is 18.5. The van der Waals surface area contributed by atoms with Gasteiger partial charge in [-0.15, -0.1) is 0 Å². The van der Waals surface area contributed by atoms with Gasteiger partial charge in [0.15, 0.2) is 0 Å². The van der Waals surface area contributed by atoms with E-state index in [2.05, 4.69) is 84.1 Å². The van der Waals surface area contributed by atoms with Crippen LogP contribution in [0.3, 0.4) is 0 Å². The Morgan fingerprint density at radius 1 is 0.778 bits per heavy atom. The van der Waals surface area contributed by atoms with Crippen molar-refractivity contribution in [3.63, 3.8) is 0 Å². The molecule has 0 atom stereocenters. The first-order valence-electron chi connectivity index (χ1n) is 10.2. The van der Waals surface area contributed by atoms with Gasteiger partial charge >= 0.3 is 166 Å². The fourth-order valence-corrected chi connectivity index (χ4v) is 7.66. The van der Waals surface area contributed by atoms with Crippen molar-refractivity contribution < 1.29 is 0 Å². The van der Waals surface area contributed by atoms with Crippen LogP contribution in [-0.2, 0) is 0 Å². The zero-order valence-electron chi connectivity index (χ0n) is 16.7. The normalized spacial score (nSPS) is 15.2. The summed E-state index contributed by atoms with van der Waals surface area (Å²) in [6.45, 7) is 0. The van der Waals surface area contributed by atoms with Crippen molar-refractivity contribution in [3.8, 4) is 22.4 Å². The molecule has 0 spiro atoms. The first-order chi connectivity index (χ1) is 13.0. The molecule has 2 heteroatoms. The third-order valence-corrected chi connectivity index (χ3v) is 10.1. The summed E-state index contributed by atoms with van der Waals surface area (Å²) in [4.78, 5) is 4.93. The van der Waals surface area contributed by atoms with Crippen molar-refractivity contribution in [1.82, 2.24) is 4.98 Å². The van der Waals surface area contributed by atoms with Gasteiger partial charge in [-0.1, -0.05) is 0 Å². The van der Waals surface area contributed by atoms with E-state index in [1.165, 1.54) is 42.4 Å². The summed E-state index contributed by atoms with van der Waals surface area (Å²) in [5.41, 5.74) is 6.48. The van der Waals surface area contributed by atoms with E-state index in [9.17, 15) is 0 Å². The second kappa shape index (κ2) is 7.63. The Labute approximate surface area is 166 Å². The van der Waals surface area contributed by atoms with Crippen LogP contribution >= 0.6 is 0 Å². The van der Waals surface area contributed by atoms with Crippen LogP contribution < -0.4 is 4.40 Å². The quantitative estimate of drug-likeness (QED) is 0.436. The van der Waals surface area contributed by atoms with Gasteiger partial charge in [0.25, 0.3) is 0 Å². The van der Waals surface area contributed by atoms with Gasteiger partial charge in [-0.2, -0.15) is 0 Å². The molecule has 1 aliphatic carbocycles. The van der Waals surface area contributed by atoms with Crippen LogP contribution in [0.15, 0.2) is 66.9 Å². The minimum atomic E-state index is -1.93. The number of benzene rings is 2. The van der Waals surface area contributed by atoms with E-state index in [0.717, 1.165) is 11.6 Å². The van der Waals surface area contributed by atoms with Crippen LogP contribution in [0.4, 0.5) is 0 Å². The predicted molar refractivity (Wildman–Crippen MR) is 119 cm³/mol. The Morgan fingerprint density at radius 3 is 2.15 bits per heavy atom. The summed E-state index contributed by atoms with van der Waals surface area (Å²) in [6.07, 6.45) is 7.67. The third-order valence-electron chi connectivity index (χ3n) is 5.80. The van der Waals surface area contributed by atoms with Crippen molar-refractivity contribution in [3.05, 3.63) is 72.4 Å². The zero-order chi connectivity index (χ0) is 18.9. The molecule has 1 aromatic heterocycles. The molecule has 1 saturated carbocycles. The molecule has 1 aliphatic rings. The Morgan fingerprint density at radius 2 is 1.44 bits per heavy atom. The van der Waals surface area contributed by atoms with Gasteiger partial charge < -0.3 is 0 Å². The summed E-state index contributed by atoms with van der Waals surface area (Å²) in [6, 6.07) is 21.9. The van der Waals surface area contributed by atoms with E-state index in [4.69, 9.17) is 4.98 Å². The van der Waals surface area contributed by atoms with Crippen molar-refractivity contribution in [1.29, 1.82) is 0 Å². The van der Waals surface area contributed by atoms with Gasteiger partial charge in [0.2, 0.25) is 0 Å². The van der Waals surface area contributed by atoms with Gasteiger partial charge in [-0.25, -0.2) is 0 Å². The SMILES string of the molecule is [CH3][Ge]([CH3])([CH3])[c]1cnc(-c2cccc(-c3ccccc3)c2)cc1C1CCCC1. The van der Waals surface area contributed by atoms with Gasteiger partial charge in [0.05, 0.1) is 0 Å². The molecule has 138 valence electrons. The Balaban J connectivity index is 1.77. The van der Waals surface area contributed by atoms with Gasteiger partial charge in [0.1, 0.15) is 0 Å². The summed E-state index contributed by atoms with van der Waals surface area (Å²) in [5.74, 6) is 8.21. The van der Waals surface area contributed by atoms with Crippen LogP contribution in [0.25, 0.3) is 22.4 Å². The standard InChI is InChI=1S/C25H29GeN/c1-26(2,3)24-18-27-25(17-23(24)20-12-7-8-13-20)22-15-9-14-21(16-22)19-10-5-4-6-11-19/h4-6,9-11,14-18,20H,7-8,12-13H2,1-3H3. The van der Waals surface area contributed by atoms with E-state index in [0.29, 0.717) is 0 Å². The molecule has 0 amide bonds. The van der Waals surface area contributed by atoms with Crippen molar-refractivity contribution in [2.24, 2.45) is 0 Å². The van der Waals surface area contributed by atoms with Crippen LogP contribution in [0.5, 0.6) is 0 Å². The van der Waals surface area contributed by atoms with Crippen molar-refractivity contribution in [2.75, 3.05) is 0 Å². The number of nitrogens with zero attached hydrogens (tertiary/aromatic N) is 1. The fraction of sp³-hybridized carbons (Fsp3) is 0.320. The van der Waals surface area contributed by atoms with Gasteiger partial charge in [-0.3, -0.25) is 0 Å². The molecule has 4 rings (SSSR count). The van der Waals surface area contributed by atoms with E-state index in [1.807, 2.05) is 0 Å². The molecule has 3 aromatic rings. The van der Waals surface area contributed by atoms with Crippen LogP contribution in [0, 0.1) is 0 Å². The Bertz CT molecular complexity index is 919. The minimum absolute atomic E-state index is 0.740. The Hall–Kier alpha value is -1.87. The predicted octanol–water partition coefficient (Wildman–Crippen LogP) is 6.62. The molecule has 0 N–H and O–H groups in total. The maximum atomic E-state index is 4.93. The number of aromatic nitrogens is 1. The molecular weight excluding hydrogens is 387 g/mol. The van der Waals surface area contributed by atoms with E-state index < -0.39 is 13.3 Å². The van der Waals surface area contributed by atoms with Crippen molar-refractivity contribution in [2.45, 2.75) is 48.9 Å². The topological polar surface area (TPSA) is 12.9 Å². The first-order valence-corrected chi connectivity index (χ1v) is 17.5. The molecule has 0 aliphatic heterocycles. The second-order valence-corrected chi connectivity index (χ2v) is 19.4. The Kier molecular flexibility index (Phi) is 5.23. The van der Waals surface area contributed by atoms with Crippen LogP contribution in [0.1, 0.15) is 37.2 Å². The molecule has 1 nitrogen and oxygen atoms in total. The molecule has 0 saturated heterocycles. The third kappa shape index (κ3) is 4.03. The number of hydrogen-bond donors (Lipinski definition) is 0. The number of hydrogen-bond acceptors (Lipinski definition) is 1. The summed E-state index contributed by atoms with van der Waals surface area (Å²) >= 11 is -1.93. The van der Waals surface area contributed by atoms with Crippen LogP contribution in [-0.4, -0.2) is 18.3 Å². The zero-order valence-corrected chi connectivity index (χ0v) is 18.8. The monoisotopic (exact) mass is 417 g/mol. The van der Waals surface area contributed by atoms with E-state index in [1.54, 1.807) is 9.96 Å². The maximum absolute atomic E-state index is 4.93. The molecule has 2 aromatic carbocycles. The summed E-state index contributed by atoms with van der Waals surface area (Å²) in [5, 5.41) is 0. The summed E-state index contributed by atoms with van der Waals surface area (Å²) in [7, 11) is 0. The molecule has 1 heterocycles. The molecule has 1 fully saturated rings. The number of pyridine rings is 1. The molecule has 27 heavy (non-hydrogen) atoms. The number of rotatable bonds is 4. The second-order valence-electron chi connectivity index (χ2n) is 8.84. The summed E-state index contributed by atoms with van der Waals surface area (Å²) < 4.78 is 1.60. The fourth-order valence-electron chi connectivity index (χ4n) is 4.32. The van der Waals surface area contributed by atoms with Gasteiger partial charge in [0, 0.05) is 0 Å². The average molecular weight is 416 g/mol.